The molecular weight excluding hydrogens is 282 g/mol. The predicted octanol–water partition coefficient (Wildman–Crippen LogP) is 4.36. The molecule has 0 bridgehead atoms. The molecule has 84 valence electrons. The van der Waals surface area contributed by atoms with Crippen molar-refractivity contribution in [3.8, 4) is 0 Å². The maximum Gasteiger partial charge on any atom is 0.0388 e. The fraction of sp³-hybridized carbons (Fsp3) is 0.231. The molecule has 1 heterocycles. The summed E-state index contributed by atoms with van der Waals surface area (Å²) in [5.41, 5.74) is 1.31. The Balaban J connectivity index is 1.90. The van der Waals surface area contributed by atoms with Crippen molar-refractivity contribution in [3.63, 3.8) is 0 Å². The van der Waals surface area contributed by atoms with Crippen molar-refractivity contribution in [1.29, 1.82) is 0 Å². The van der Waals surface area contributed by atoms with Crippen LogP contribution in [0.1, 0.15) is 23.4 Å². The lowest BCUT2D eigenvalue weighted by atomic mass is 10.2. The first-order valence-corrected chi connectivity index (χ1v) is 6.94. The highest BCUT2D eigenvalue weighted by Crippen LogP contribution is 2.18. The normalized spacial score (nSPS) is 12.6. The fourth-order valence-corrected chi connectivity index (χ4v) is 2.53. The van der Waals surface area contributed by atoms with E-state index in [4.69, 9.17) is 0 Å². The summed E-state index contributed by atoms with van der Waals surface area (Å²) in [6.45, 7) is 3.11. The van der Waals surface area contributed by atoms with E-state index >= 15 is 0 Å². The Labute approximate surface area is 109 Å². The lowest BCUT2D eigenvalue weighted by Gasteiger charge is -2.12. The summed E-state index contributed by atoms with van der Waals surface area (Å²) in [7, 11) is 0. The van der Waals surface area contributed by atoms with Gasteiger partial charge in [-0.1, -0.05) is 34.1 Å². The summed E-state index contributed by atoms with van der Waals surface area (Å²) in [5, 5.41) is 5.63. The maximum absolute atomic E-state index is 3.52. The van der Waals surface area contributed by atoms with Crippen LogP contribution in [0.5, 0.6) is 0 Å². The largest absolute Gasteiger partial charge is 0.305 e. The summed E-state index contributed by atoms with van der Waals surface area (Å²) >= 11 is 5.24. The molecule has 0 amide bonds. The minimum absolute atomic E-state index is 0.420. The lowest BCUT2D eigenvalue weighted by Crippen LogP contribution is -2.16. The van der Waals surface area contributed by atoms with Gasteiger partial charge in [-0.25, -0.2) is 0 Å². The average Bonchev–Trinajstić information content (AvgIpc) is 2.81. The van der Waals surface area contributed by atoms with Gasteiger partial charge in [0.25, 0.3) is 0 Å². The third kappa shape index (κ3) is 3.17. The first-order chi connectivity index (χ1) is 7.75. The zero-order valence-corrected chi connectivity index (χ0v) is 11.5. The second-order valence-corrected chi connectivity index (χ2v) is 5.64. The number of thiophene rings is 1. The zero-order valence-electron chi connectivity index (χ0n) is 9.11. The van der Waals surface area contributed by atoms with Gasteiger partial charge in [0.2, 0.25) is 0 Å². The molecule has 1 aromatic carbocycles. The van der Waals surface area contributed by atoms with Crippen molar-refractivity contribution < 1.29 is 0 Å². The lowest BCUT2D eigenvalue weighted by molar-refractivity contribution is 0.583. The minimum atomic E-state index is 0.420. The molecule has 16 heavy (non-hydrogen) atoms. The molecule has 0 spiro atoms. The van der Waals surface area contributed by atoms with Crippen molar-refractivity contribution >= 4 is 27.3 Å². The summed E-state index contributed by atoms with van der Waals surface area (Å²) in [6, 6.07) is 13.1. The molecule has 0 aliphatic rings. The van der Waals surface area contributed by atoms with E-state index in [2.05, 4.69) is 69.9 Å². The van der Waals surface area contributed by atoms with E-state index < -0.39 is 0 Å². The molecule has 1 atom stereocenters. The van der Waals surface area contributed by atoms with Gasteiger partial charge < -0.3 is 5.32 Å². The monoisotopic (exact) mass is 295 g/mol. The van der Waals surface area contributed by atoms with Crippen LogP contribution in [0.3, 0.4) is 0 Å². The van der Waals surface area contributed by atoms with Gasteiger partial charge in [0.05, 0.1) is 0 Å². The van der Waals surface area contributed by atoms with Gasteiger partial charge in [-0.15, -0.1) is 11.3 Å². The number of nitrogens with one attached hydrogen (secondary N) is 1. The van der Waals surface area contributed by atoms with Gasteiger partial charge in [-0.05, 0) is 36.1 Å². The number of benzene rings is 1. The van der Waals surface area contributed by atoms with Crippen molar-refractivity contribution in [2.75, 3.05) is 0 Å². The van der Waals surface area contributed by atoms with Crippen LogP contribution in [0.2, 0.25) is 0 Å². The molecule has 3 heteroatoms. The second-order valence-electron chi connectivity index (χ2n) is 3.74. The van der Waals surface area contributed by atoms with Gasteiger partial charge in [0.15, 0.2) is 0 Å². The number of hydrogen-bond donors (Lipinski definition) is 1. The van der Waals surface area contributed by atoms with Crippen LogP contribution >= 0.6 is 27.3 Å². The van der Waals surface area contributed by atoms with Crippen LogP contribution in [-0.4, -0.2) is 0 Å². The Morgan fingerprint density at radius 1 is 1.25 bits per heavy atom. The Bertz CT molecular complexity index is 422. The van der Waals surface area contributed by atoms with E-state index in [1.807, 2.05) is 0 Å². The Hall–Kier alpha value is -0.640. The summed E-state index contributed by atoms with van der Waals surface area (Å²) in [6.07, 6.45) is 0. The van der Waals surface area contributed by atoms with E-state index in [0.717, 1.165) is 11.0 Å². The van der Waals surface area contributed by atoms with Crippen LogP contribution in [0.25, 0.3) is 0 Å². The minimum Gasteiger partial charge on any atom is -0.305 e. The molecule has 1 nitrogen and oxygen atoms in total. The van der Waals surface area contributed by atoms with Crippen LogP contribution in [0, 0.1) is 0 Å². The topological polar surface area (TPSA) is 12.0 Å². The molecule has 0 radical (unpaired) electrons. The highest BCUT2D eigenvalue weighted by molar-refractivity contribution is 9.10. The number of hydrogen-bond acceptors (Lipinski definition) is 2. The van der Waals surface area contributed by atoms with E-state index in [0.29, 0.717) is 6.04 Å². The third-order valence-electron chi connectivity index (χ3n) is 2.50. The van der Waals surface area contributed by atoms with E-state index in [1.54, 1.807) is 11.3 Å². The summed E-state index contributed by atoms with van der Waals surface area (Å²) in [4.78, 5) is 1.39. The second kappa shape index (κ2) is 5.62. The van der Waals surface area contributed by atoms with Crippen LogP contribution in [-0.2, 0) is 6.54 Å². The van der Waals surface area contributed by atoms with Crippen LogP contribution < -0.4 is 5.32 Å². The molecular formula is C13H14BrNS. The fourth-order valence-electron chi connectivity index (χ4n) is 1.51. The number of halogens is 1. The van der Waals surface area contributed by atoms with Crippen LogP contribution in [0.15, 0.2) is 46.3 Å². The Kier molecular flexibility index (Phi) is 4.16. The average molecular weight is 296 g/mol. The van der Waals surface area contributed by atoms with E-state index in [9.17, 15) is 0 Å². The van der Waals surface area contributed by atoms with Crippen molar-refractivity contribution in [2.45, 2.75) is 19.5 Å². The Morgan fingerprint density at radius 2 is 2.00 bits per heavy atom. The molecule has 0 saturated carbocycles. The molecule has 1 unspecified atom stereocenters. The summed E-state index contributed by atoms with van der Waals surface area (Å²) < 4.78 is 1.13. The molecule has 0 aliphatic heterocycles. The molecule has 2 rings (SSSR count). The van der Waals surface area contributed by atoms with Crippen molar-refractivity contribution in [3.05, 3.63) is 56.7 Å². The summed E-state index contributed by atoms with van der Waals surface area (Å²) in [5.74, 6) is 0. The quantitative estimate of drug-likeness (QED) is 0.884. The standard InChI is InChI=1S/C13H14BrNS/c1-10(13-3-2-8-16-13)15-9-11-4-6-12(14)7-5-11/h2-8,10,15H,9H2,1H3. The molecule has 1 N–H and O–H groups in total. The Morgan fingerprint density at radius 3 is 2.62 bits per heavy atom. The smallest absolute Gasteiger partial charge is 0.0388 e. The highest BCUT2D eigenvalue weighted by atomic mass is 79.9. The molecule has 0 saturated heterocycles. The van der Waals surface area contributed by atoms with Crippen LogP contribution in [0.4, 0.5) is 0 Å². The molecule has 0 aliphatic carbocycles. The highest BCUT2D eigenvalue weighted by Gasteiger charge is 2.04. The van der Waals surface area contributed by atoms with Gasteiger partial charge >= 0.3 is 0 Å². The molecule has 0 fully saturated rings. The van der Waals surface area contributed by atoms with E-state index in [1.165, 1.54) is 10.4 Å². The molecule has 2 aromatic rings. The number of rotatable bonds is 4. The maximum atomic E-state index is 3.52. The van der Waals surface area contributed by atoms with Gasteiger partial charge in [-0.2, -0.15) is 0 Å². The van der Waals surface area contributed by atoms with Crippen molar-refractivity contribution in [2.24, 2.45) is 0 Å². The van der Waals surface area contributed by atoms with Gasteiger partial charge in [-0.3, -0.25) is 0 Å². The first kappa shape index (κ1) is 11.8. The van der Waals surface area contributed by atoms with Gasteiger partial charge in [0, 0.05) is 21.9 Å². The van der Waals surface area contributed by atoms with Crippen molar-refractivity contribution in [1.82, 2.24) is 5.32 Å². The van der Waals surface area contributed by atoms with Gasteiger partial charge in [0.1, 0.15) is 0 Å². The zero-order chi connectivity index (χ0) is 11.4. The van der Waals surface area contributed by atoms with E-state index in [-0.39, 0.29) is 0 Å². The predicted molar refractivity (Wildman–Crippen MR) is 73.7 cm³/mol. The molecule has 1 aromatic heterocycles. The SMILES string of the molecule is CC(NCc1ccc(Br)cc1)c1cccs1. The first-order valence-electron chi connectivity index (χ1n) is 5.27. The third-order valence-corrected chi connectivity index (χ3v) is 4.08.